The zero-order valence-corrected chi connectivity index (χ0v) is 10.3. The average Bonchev–Trinajstić information content (AvgIpc) is 2.46. The van der Waals surface area contributed by atoms with Crippen LogP contribution in [0.5, 0.6) is 11.5 Å². The summed E-state index contributed by atoms with van der Waals surface area (Å²) >= 11 is 0. The molecule has 0 spiro atoms. The molecule has 0 aliphatic heterocycles. The third-order valence-corrected chi connectivity index (χ3v) is 2.27. The van der Waals surface area contributed by atoms with Crippen LogP contribution in [-0.4, -0.2) is 21.6 Å². The van der Waals surface area contributed by atoms with Gasteiger partial charge in [0.1, 0.15) is 5.84 Å². The van der Waals surface area contributed by atoms with Crippen molar-refractivity contribution in [2.24, 2.45) is 11.5 Å². The number of amidine groups is 2. The predicted octanol–water partition coefficient (Wildman–Crippen LogP) is 0.418. The van der Waals surface area contributed by atoms with Gasteiger partial charge < -0.3 is 11.5 Å². The second-order valence-electron chi connectivity index (χ2n) is 3.76. The predicted molar refractivity (Wildman–Crippen MR) is 71.8 cm³/mol. The van der Waals surface area contributed by atoms with Gasteiger partial charge in [-0.15, -0.1) is 0 Å². The summed E-state index contributed by atoms with van der Waals surface area (Å²) in [5.74, 6) is 0.572. The van der Waals surface area contributed by atoms with Gasteiger partial charge in [-0.1, -0.05) is 0 Å². The van der Waals surface area contributed by atoms with Gasteiger partial charge in [0.05, 0.1) is 12.4 Å². The number of hydrogen-bond acceptors (Lipinski definition) is 6. The second kappa shape index (κ2) is 5.65. The fourth-order valence-electron chi connectivity index (χ4n) is 1.28. The number of rotatable bonds is 5. The maximum absolute atomic E-state index is 7.26. The van der Waals surface area contributed by atoms with E-state index in [1.807, 2.05) is 0 Å². The molecule has 0 radical (unpaired) electrons. The Morgan fingerprint density at radius 2 is 1.40 bits per heavy atom. The normalized spacial score (nSPS) is 9.80. The van der Waals surface area contributed by atoms with Crippen LogP contribution in [-0.2, 0) is 0 Å². The molecule has 2 rings (SSSR count). The SMILES string of the molecule is N=C(N)c1ccc(OOc2cnc(C(=N)N)nc2)cc1. The van der Waals surface area contributed by atoms with Gasteiger partial charge in [0.2, 0.25) is 5.75 Å². The van der Waals surface area contributed by atoms with E-state index in [4.69, 9.17) is 32.1 Å². The Kier molecular flexibility index (Phi) is 3.75. The van der Waals surface area contributed by atoms with Gasteiger partial charge in [-0.05, 0) is 24.3 Å². The summed E-state index contributed by atoms with van der Waals surface area (Å²) in [6.07, 6.45) is 2.68. The van der Waals surface area contributed by atoms with Crippen molar-refractivity contribution in [1.29, 1.82) is 10.8 Å². The van der Waals surface area contributed by atoms with Crippen molar-refractivity contribution in [2.45, 2.75) is 0 Å². The maximum atomic E-state index is 7.26. The fraction of sp³-hybridized carbons (Fsp3) is 0. The highest BCUT2D eigenvalue weighted by atomic mass is 17.2. The standard InChI is InChI=1S/C12H12N6O2/c13-10(14)7-1-3-8(4-2-7)19-20-9-5-17-12(11(15)16)18-6-9/h1-6H,(H3,13,14)(H3,15,16). The first-order valence-electron chi connectivity index (χ1n) is 5.51. The number of benzene rings is 1. The van der Waals surface area contributed by atoms with Crippen LogP contribution >= 0.6 is 0 Å². The van der Waals surface area contributed by atoms with Gasteiger partial charge in [0.25, 0.3) is 0 Å². The number of aromatic nitrogens is 2. The highest BCUT2D eigenvalue weighted by molar-refractivity contribution is 5.94. The molecule has 20 heavy (non-hydrogen) atoms. The Balaban J connectivity index is 1.97. The molecule has 1 heterocycles. The van der Waals surface area contributed by atoms with E-state index in [0.29, 0.717) is 11.3 Å². The first-order valence-corrected chi connectivity index (χ1v) is 5.51. The molecular formula is C12H12N6O2. The van der Waals surface area contributed by atoms with Crippen molar-refractivity contribution in [1.82, 2.24) is 9.97 Å². The minimum atomic E-state index is -0.225. The molecule has 8 nitrogen and oxygen atoms in total. The van der Waals surface area contributed by atoms with Gasteiger partial charge >= 0.3 is 0 Å². The van der Waals surface area contributed by atoms with Crippen LogP contribution in [0.4, 0.5) is 0 Å². The maximum Gasteiger partial charge on any atom is 0.215 e. The molecule has 2 aromatic rings. The van der Waals surface area contributed by atoms with E-state index >= 15 is 0 Å². The largest absolute Gasteiger partial charge is 0.384 e. The zero-order valence-electron chi connectivity index (χ0n) is 10.3. The average molecular weight is 272 g/mol. The zero-order chi connectivity index (χ0) is 14.5. The van der Waals surface area contributed by atoms with Crippen LogP contribution < -0.4 is 21.2 Å². The van der Waals surface area contributed by atoms with E-state index in [2.05, 4.69) is 9.97 Å². The molecule has 1 aromatic heterocycles. The summed E-state index contributed by atoms with van der Waals surface area (Å²) in [6.45, 7) is 0. The lowest BCUT2D eigenvalue weighted by molar-refractivity contribution is -0.101. The van der Waals surface area contributed by atoms with E-state index in [1.165, 1.54) is 12.4 Å². The highest BCUT2D eigenvalue weighted by Gasteiger charge is 2.03. The molecule has 0 saturated carbocycles. The van der Waals surface area contributed by atoms with E-state index < -0.39 is 0 Å². The quantitative estimate of drug-likeness (QED) is 0.268. The van der Waals surface area contributed by atoms with E-state index in [1.54, 1.807) is 24.3 Å². The van der Waals surface area contributed by atoms with Gasteiger partial charge in [-0.3, -0.25) is 20.6 Å². The molecule has 8 heteroatoms. The number of nitrogens with two attached hydrogens (primary N) is 2. The van der Waals surface area contributed by atoms with E-state index in [-0.39, 0.29) is 23.2 Å². The lowest BCUT2D eigenvalue weighted by Gasteiger charge is -2.06. The van der Waals surface area contributed by atoms with Crippen molar-refractivity contribution in [3.63, 3.8) is 0 Å². The topological polar surface area (TPSA) is 144 Å². The van der Waals surface area contributed by atoms with Crippen molar-refractivity contribution < 1.29 is 9.78 Å². The van der Waals surface area contributed by atoms with Crippen LogP contribution in [0.15, 0.2) is 36.7 Å². The van der Waals surface area contributed by atoms with Gasteiger partial charge in [-0.2, -0.15) is 0 Å². The summed E-state index contributed by atoms with van der Waals surface area (Å²) in [6, 6.07) is 6.50. The first kappa shape index (κ1) is 13.3. The third-order valence-electron chi connectivity index (χ3n) is 2.27. The Labute approximate surface area is 114 Å². The molecule has 0 saturated heterocycles. The molecular weight excluding hydrogens is 260 g/mol. The fourth-order valence-corrected chi connectivity index (χ4v) is 1.28. The number of nitrogen functional groups attached to an aromatic ring is 2. The Morgan fingerprint density at radius 3 is 1.90 bits per heavy atom. The van der Waals surface area contributed by atoms with Crippen LogP contribution in [0.25, 0.3) is 0 Å². The summed E-state index contributed by atoms with van der Waals surface area (Å²) in [5, 5.41) is 14.4. The molecule has 102 valence electrons. The number of nitrogens with zero attached hydrogens (tertiary/aromatic N) is 2. The number of hydrogen-bond donors (Lipinski definition) is 4. The molecule has 6 N–H and O–H groups in total. The molecule has 0 amide bonds. The molecule has 0 atom stereocenters. The van der Waals surface area contributed by atoms with Crippen LogP contribution in [0.1, 0.15) is 11.4 Å². The molecule has 0 aliphatic carbocycles. The summed E-state index contributed by atoms with van der Waals surface area (Å²) in [5.41, 5.74) is 11.1. The summed E-state index contributed by atoms with van der Waals surface area (Å²) in [4.78, 5) is 17.7. The Morgan fingerprint density at radius 1 is 0.850 bits per heavy atom. The van der Waals surface area contributed by atoms with Crippen LogP contribution in [0, 0.1) is 10.8 Å². The second-order valence-corrected chi connectivity index (χ2v) is 3.76. The van der Waals surface area contributed by atoms with Crippen LogP contribution in [0.3, 0.4) is 0 Å². The van der Waals surface area contributed by atoms with Gasteiger partial charge in [0, 0.05) is 5.56 Å². The van der Waals surface area contributed by atoms with Crippen molar-refractivity contribution in [3.05, 3.63) is 48.0 Å². The van der Waals surface area contributed by atoms with Crippen LogP contribution in [0.2, 0.25) is 0 Å². The molecule has 0 unspecified atom stereocenters. The summed E-state index contributed by atoms with van der Waals surface area (Å²) < 4.78 is 0. The molecule has 0 aliphatic rings. The Hall–Kier alpha value is -3.16. The summed E-state index contributed by atoms with van der Waals surface area (Å²) in [7, 11) is 0. The first-order chi connectivity index (χ1) is 9.56. The third kappa shape index (κ3) is 3.19. The molecule has 1 aromatic carbocycles. The van der Waals surface area contributed by atoms with Crippen molar-refractivity contribution in [2.75, 3.05) is 0 Å². The highest BCUT2D eigenvalue weighted by Crippen LogP contribution is 2.14. The number of nitrogens with one attached hydrogen (secondary N) is 2. The van der Waals surface area contributed by atoms with E-state index in [9.17, 15) is 0 Å². The minimum absolute atomic E-state index is 0.0225. The van der Waals surface area contributed by atoms with E-state index in [0.717, 1.165) is 0 Å². The Bertz CT molecular complexity index is 566. The smallest absolute Gasteiger partial charge is 0.215 e. The molecule has 0 bridgehead atoms. The lowest BCUT2D eigenvalue weighted by Crippen LogP contribution is -2.15. The molecule has 0 fully saturated rings. The lowest BCUT2D eigenvalue weighted by atomic mass is 10.2. The van der Waals surface area contributed by atoms with Crippen molar-refractivity contribution in [3.8, 4) is 11.5 Å². The minimum Gasteiger partial charge on any atom is -0.384 e. The monoisotopic (exact) mass is 272 g/mol. The van der Waals surface area contributed by atoms with Gasteiger partial charge in [0.15, 0.2) is 17.4 Å². The van der Waals surface area contributed by atoms with Gasteiger partial charge in [-0.25, -0.2) is 9.97 Å². The van der Waals surface area contributed by atoms with Crippen molar-refractivity contribution >= 4 is 11.7 Å².